The number of rotatable bonds is 4. The van der Waals surface area contributed by atoms with Crippen molar-refractivity contribution in [3.05, 3.63) is 35.2 Å². The maximum atomic E-state index is 13.7. The molecule has 0 aliphatic heterocycles. The van der Waals surface area contributed by atoms with E-state index < -0.39 is 0 Å². The molecule has 5 heteroatoms. The van der Waals surface area contributed by atoms with E-state index in [9.17, 15) is 4.39 Å². The molecule has 90 valence electrons. The fraction of sp³-hybridized carbons (Fsp3) is 0.250. The third kappa shape index (κ3) is 2.76. The minimum absolute atomic E-state index is 0.316. The van der Waals surface area contributed by atoms with E-state index in [1.807, 2.05) is 0 Å². The summed E-state index contributed by atoms with van der Waals surface area (Å²) in [6.07, 6.45) is 2.67. The van der Waals surface area contributed by atoms with E-state index in [1.165, 1.54) is 17.4 Å². The summed E-state index contributed by atoms with van der Waals surface area (Å²) in [6.45, 7) is 2.94. The summed E-state index contributed by atoms with van der Waals surface area (Å²) >= 11 is 7.40. The first-order chi connectivity index (χ1) is 8.22. The molecular weight excluding hydrogens is 259 g/mol. The summed E-state index contributed by atoms with van der Waals surface area (Å²) in [6, 6.07) is 4.68. The Morgan fingerprint density at radius 1 is 1.47 bits per heavy atom. The van der Waals surface area contributed by atoms with Gasteiger partial charge in [-0.25, -0.2) is 9.37 Å². The normalized spacial score (nSPS) is 10.5. The Balaban J connectivity index is 2.30. The van der Waals surface area contributed by atoms with Crippen molar-refractivity contribution in [2.75, 3.05) is 11.9 Å². The van der Waals surface area contributed by atoms with Crippen LogP contribution >= 0.6 is 22.9 Å². The summed E-state index contributed by atoms with van der Waals surface area (Å²) in [4.78, 5) is 4.94. The zero-order valence-corrected chi connectivity index (χ0v) is 10.9. The number of nitrogens with one attached hydrogen (secondary N) is 1. The summed E-state index contributed by atoms with van der Waals surface area (Å²) in [5.74, 6) is -0.316. The van der Waals surface area contributed by atoms with Crippen LogP contribution in [0.2, 0.25) is 5.02 Å². The van der Waals surface area contributed by atoms with E-state index in [-0.39, 0.29) is 5.82 Å². The first-order valence-corrected chi connectivity index (χ1v) is 6.56. The fourth-order valence-electron chi connectivity index (χ4n) is 1.44. The predicted molar refractivity (Wildman–Crippen MR) is 71.3 cm³/mol. The van der Waals surface area contributed by atoms with E-state index in [2.05, 4.69) is 17.2 Å². The topological polar surface area (TPSA) is 24.9 Å². The molecule has 0 radical (unpaired) electrons. The van der Waals surface area contributed by atoms with Crippen LogP contribution in [0.5, 0.6) is 0 Å². The van der Waals surface area contributed by atoms with Gasteiger partial charge in [0.05, 0.1) is 9.90 Å². The highest BCUT2D eigenvalue weighted by Gasteiger charge is 2.12. The highest BCUT2D eigenvalue weighted by Crippen LogP contribution is 2.35. The summed E-state index contributed by atoms with van der Waals surface area (Å²) in [7, 11) is 0. The summed E-state index contributed by atoms with van der Waals surface area (Å²) < 4.78 is 13.7. The Kier molecular flexibility index (Phi) is 3.97. The smallest absolute Gasteiger partial charge is 0.183 e. The minimum atomic E-state index is -0.316. The molecule has 0 bridgehead atoms. The molecule has 0 unspecified atom stereocenters. The van der Waals surface area contributed by atoms with Crippen LogP contribution in [-0.4, -0.2) is 11.5 Å². The van der Waals surface area contributed by atoms with Gasteiger partial charge in [-0.05, 0) is 18.6 Å². The number of nitrogens with zero attached hydrogens (tertiary/aromatic N) is 1. The first-order valence-electron chi connectivity index (χ1n) is 5.36. The quantitative estimate of drug-likeness (QED) is 0.889. The molecule has 1 N–H and O–H groups in total. The Morgan fingerprint density at radius 2 is 2.29 bits per heavy atom. The van der Waals surface area contributed by atoms with Crippen LogP contribution in [0, 0.1) is 5.82 Å². The molecule has 1 heterocycles. The molecule has 2 rings (SSSR count). The Hall–Kier alpha value is -1.13. The van der Waals surface area contributed by atoms with Gasteiger partial charge in [-0.15, -0.1) is 0 Å². The molecule has 1 aromatic carbocycles. The maximum Gasteiger partial charge on any atom is 0.183 e. The zero-order chi connectivity index (χ0) is 12.3. The van der Waals surface area contributed by atoms with Crippen LogP contribution in [0.15, 0.2) is 24.4 Å². The molecule has 0 fully saturated rings. The van der Waals surface area contributed by atoms with Crippen molar-refractivity contribution < 1.29 is 4.39 Å². The van der Waals surface area contributed by atoms with Crippen molar-refractivity contribution in [3.8, 4) is 10.4 Å². The van der Waals surface area contributed by atoms with Crippen LogP contribution in [0.3, 0.4) is 0 Å². The first kappa shape index (κ1) is 12.3. The zero-order valence-electron chi connectivity index (χ0n) is 9.34. The number of hydrogen-bond donors (Lipinski definition) is 1. The Labute approximate surface area is 108 Å². The van der Waals surface area contributed by atoms with Crippen molar-refractivity contribution >= 4 is 28.1 Å². The number of anilines is 1. The van der Waals surface area contributed by atoms with Crippen molar-refractivity contribution in [1.82, 2.24) is 4.98 Å². The molecule has 0 aliphatic carbocycles. The lowest BCUT2D eigenvalue weighted by atomic mass is 10.2. The number of hydrogen-bond acceptors (Lipinski definition) is 3. The largest absolute Gasteiger partial charge is 0.362 e. The van der Waals surface area contributed by atoms with Gasteiger partial charge >= 0.3 is 0 Å². The molecule has 0 saturated carbocycles. The molecule has 0 amide bonds. The minimum Gasteiger partial charge on any atom is -0.362 e. The molecule has 0 spiro atoms. The average Bonchev–Trinajstić information content (AvgIpc) is 2.75. The highest BCUT2D eigenvalue weighted by atomic mass is 35.5. The van der Waals surface area contributed by atoms with Gasteiger partial charge in [-0.2, -0.15) is 0 Å². The van der Waals surface area contributed by atoms with Gasteiger partial charge in [-0.3, -0.25) is 0 Å². The number of thiazole rings is 1. The van der Waals surface area contributed by atoms with E-state index in [0.717, 1.165) is 23.0 Å². The van der Waals surface area contributed by atoms with Gasteiger partial charge in [0.2, 0.25) is 0 Å². The Morgan fingerprint density at radius 3 is 3.00 bits per heavy atom. The second-order valence-corrected chi connectivity index (χ2v) is 4.99. The van der Waals surface area contributed by atoms with Crippen LogP contribution in [-0.2, 0) is 0 Å². The maximum absolute atomic E-state index is 13.7. The Bertz CT molecular complexity index is 493. The van der Waals surface area contributed by atoms with Gasteiger partial charge in [0.15, 0.2) is 5.13 Å². The number of benzene rings is 1. The van der Waals surface area contributed by atoms with Crippen LogP contribution in [0.25, 0.3) is 10.4 Å². The summed E-state index contributed by atoms with van der Waals surface area (Å²) in [5.41, 5.74) is 0.427. The second kappa shape index (κ2) is 5.47. The monoisotopic (exact) mass is 270 g/mol. The van der Waals surface area contributed by atoms with E-state index >= 15 is 0 Å². The van der Waals surface area contributed by atoms with E-state index in [1.54, 1.807) is 18.3 Å². The van der Waals surface area contributed by atoms with Gasteiger partial charge < -0.3 is 5.32 Å². The van der Waals surface area contributed by atoms with Crippen LogP contribution in [0.1, 0.15) is 13.3 Å². The number of aromatic nitrogens is 1. The van der Waals surface area contributed by atoms with Crippen molar-refractivity contribution in [1.29, 1.82) is 0 Å². The van der Waals surface area contributed by atoms with Crippen LogP contribution < -0.4 is 5.32 Å². The molecule has 0 aliphatic rings. The van der Waals surface area contributed by atoms with E-state index in [4.69, 9.17) is 11.6 Å². The number of halogens is 2. The molecule has 2 aromatic rings. The standard InChI is InChI=1S/C12H12ClFN2S/c1-2-6-15-12-16-7-10(17-12)11-8(13)4-3-5-9(11)14/h3-5,7H,2,6H2,1H3,(H,15,16). The van der Waals surface area contributed by atoms with Crippen molar-refractivity contribution in [2.24, 2.45) is 0 Å². The van der Waals surface area contributed by atoms with Gasteiger partial charge in [-0.1, -0.05) is 35.9 Å². The van der Waals surface area contributed by atoms with E-state index in [0.29, 0.717) is 10.6 Å². The average molecular weight is 271 g/mol. The SMILES string of the molecule is CCCNc1ncc(-c2c(F)cccc2Cl)s1. The second-order valence-electron chi connectivity index (χ2n) is 3.55. The third-order valence-electron chi connectivity index (χ3n) is 2.24. The highest BCUT2D eigenvalue weighted by molar-refractivity contribution is 7.18. The lowest BCUT2D eigenvalue weighted by Crippen LogP contribution is -1.97. The van der Waals surface area contributed by atoms with Crippen molar-refractivity contribution in [3.63, 3.8) is 0 Å². The molecule has 0 saturated heterocycles. The lowest BCUT2D eigenvalue weighted by molar-refractivity contribution is 0.632. The summed E-state index contributed by atoms with van der Waals surface area (Å²) in [5, 5.41) is 4.37. The molecule has 17 heavy (non-hydrogen) atoms. The third-order valence-corrected chi connectivity index (χ3v) is 3.53. The van der Waals surface area contributed by atoms with Gasteiger partial charge in [0.25, 0.3) is 0 Å². The predicted octanol–water partition coefficient (Wildman–Crippen LogP) is 4.42. The molecule has 2 nitrogen and oxygen atoms in total. The van der Waals surface area contributed by atoms with Gasteiger partial charge in [0, 0.05) is 18.3 Å². The van der Waals surface area contributed by atoms with Crippen LogP contribution in [0.4, 0.5) is 9.52 Å². The molecule has 1 aromatic heterocycles. The fourth-order valence-corrected chi connectivity index (χ4v) is 2.66. The molecular formula is C12H12ClFN2S. The van der Waals surface area contributed by atoms with Gasteiger partial charge in [0.1, 0.15) is 5.82 Å². The lowest BCUT2D eigenvalue weighted by Gasteiger charge is -2.01. The molecule has 0 atom stereocenters. The van der Waals surface area contributed by atoms with Crippen molar-refractivity contribution in [2.45, 2.75) is 13.3 Å².